The molecule has 154 valence electrons. The fourth-order valence-electron chi connectivity index (χ4n) is 3.52. The molecule has 0 saturated heterocycles. The molecule has 1 aliphatic carbocycles. The van der Waals surface area contributed by atoms with E-state index in [2.05, 4.69) is 17.6 Å². The summed E-state index contributed by atoms with van der Waals surface area (Å²) >= 11 is 0. The second-order valence-corrected chi connectivity index (χ2v) is 7.67. The lowest BCUT2D eigenvalue weighted by Crippen LogP contribution is -2.36. The van der Waals surface area contributed by atoms with Crippen molar-refractivity contribution in [2.75, 3.05) is 5.32 Å². The third kappa shape index (κ3) is 5.83. The summed E-state index contributed by atoms with van der Waals surface area (Å²) in [6.07, 6.45) is 6.54. The largest absolute Gasteiger partial charge is 0.491 e. The standard InChI is InChI=1S/C24H30N2O3/c1-3-17(2)29-20-13-9-10-18(16-20)23(27)26-22-15-8-7-14-21(22)24(28)25-19-11-5-4-6-12-19/h7-10,13-17,19H,3-6,11-12H2,1-2H3,(H,25,28)(H,26,27). The minimum Gasteiger partial charge on any atom is -0.491 e. The van der Waals surface area contributed by atoms with Gasteiger partial charge in [-0.1, -0.05) is 44.4 Å². The van der Waals surface area contributed by atoms with E-state index in [1.165, 1.54) is 6.42 Å². The molecule has 1 fully saturated rings. The third-order valence-corrected chi connectivity index (χ3v) is 5.37. The van der Waals surface area contributed by atoms with Crippen LogP contribution >= 0.6 is 0 Å². The molecule has 5 heteroatoms. The van der Waals surface area contributed by atoms with Crippen LogP contribution < -0.4 is 15.4 Å². The maximum Gasteiger partial charge on any atom is 0.255 e. The SMILES string of the molecule is CCC(C)Oc1cccc(C(=O)Nc2ccccc2C(=O)NC2CCCCC2)c1. The van der Waals surface area contributed by atoms with Crippen molar-refractivity contribution < 1.29 is 14.3 Å². The average Bonchev–Trinajstić information content (AvgIpc) is 2.75. The molecule has 5 nitrogen and oxygen atoms in total. The summed E-state index contributed by atoms with van der Waals surface area (Å²) in [7, 11) is 0. The van der Waals surface area contributed by atoms with E-state index in [-0.39, 0.29) is 24.0 Å². The highest BCUT2D eigenvalue weighted by Crippen LogP contribution is 2.21. The highest BCUT2D eigenvalue weighted by atomic mass is 16.5. The lowest BCUT2D eigenvalue weighted by molar-refractivity contribution is 0.0928. The Morgan fingerprint density at radius 3 is 2.55 bits per heavy atom. The third-order valence-electron chi connectivity index (χ3n) is 5.37. The van der Waals surface area contributed by atoms with Gasteiger partial charge >= 0.3 is 0 Å². The van der Waals surface area contributed by atoms with Crippen molar-refractivity contribution in [2.45, 2.75) is 64.5 Å². The smallest absolute Gasteiger partial charge is 0.255 e. The predicted octanol–water partition coefficient (Wildman–Crippen LogP) is 5.18. The zero-order valence-corrected chi connectivity index (χ0v) is 17.2. The van der Waals surface area contributed by atoms with E-state index < -0.39 is 0 Å². The number of rotatable bonds is 7. The summed E-state index contributed by atoms with van der Waals surface area (Å²) in [5.41, 5.74) is 1.49. The zero-order valence-electron chi connectivity index (χ0n) is 17.2. The van der Waals surface area contributed by atoms with Gasteiger partial charge in [0.1, 0.15) is 5.75 Å². The average molecular weight is 395 g/mol. The van der Waals surface area contributed by atoms with Crippen LogP contribution in [0.1, 0.15) is 73.1 Å². The summed E-state index contributed by atoms with van der Waals surface area (Å²) in [4.78, 5) is 25.6. The predicted molar refractivity (Wildman–Crippen MR) is 116 cm³/mol. The van der Waals surface area contributed by atoms with Crippen LogP contribution in [0.15, 0.2) is 48.5 Å². The minimum absolute atomic E-state index is 0.0810. The number of carbonyl (C=O) groups is 2. The first-order valence-corrected chi connectivity index (χ1v) is 10.5. The van der Waals surface area contributed by atoms with Crippen LogP contribution in [0, 0.1) is 0 Å². The lowest BCUT2D eigenvalue weighted by atomic mass is 9.95. The molecule has 1 saturated carbocycles. The van der Waals surface area contributed by atoms with E-state index in [1.807, 2.05) is 25.1 Å². The Bertz CT molecular complexity index is 844. The zero-order chi connectivity index (χ0) is 20.6. The Labute approximate surface area is 172 Å². The van der Waals surface area contributed by atoms with Crippen LogP contribution in [-0.2, 0) is 0 Å². The van der Waals surface area contributed by atoms with E-state index in [1.54, 1.807) is 30.3 Å². The Kier molecular flexibility index (Phi) is 7.28. The molecule has 0 aromatic heterocycles. The Morgan fingerprint density at radius 1 is 1.03 bits per heavy atom. The number of nitrogens with one attached hydrogen (secondary N) is 2. The topological polar surface area (TPSA) is 67.4 Å². The molecule has 2 aromatic rings. The van der Waals surface area contributed by atoms with Gasteiger partial charge < -0.3 is 15.4 Å². The fourth-order valence-corrected chi connectivity index (χ4v) is 3.52. The summed E-state index contributed by atoms with van der Waals surface area (Å²) < 4.78 is 5.81. The number of anilines is 1. The van der Waals surface area contributed by atoms with Gasteiger partial charge in [0.05, 0.1) is 17.4 Å². The first kappa shape index (κ1) is 20.9. The summed E-state index contributed by atoms with van der Waals surface area (Å²) in [5, 5.41) is 6.00. The van der Waals surface area contributed by atoms with Crippen molar-refractivity contribution in [1.29, 1.82) is 0 Å². The lowest BCUT2D eigenvalue weighted by Gasteiger charge is -2.23. The molecule has 1 atom stereocenters. The van der Waals surface area contributed by atoms with Gasteiger partial charge in [-0.25, -0.2) is 0 Å². The highest BCUT2D eigenvalue weighted by Gasteiger charge is 2.19. The van der Waals surface area contributed by atoms with Gasteiger partial charge in [0.15, 0.2) is 0 Å². The molecule has 0 heterocycles. The van der Waals surface area contributed by atoms with Crippen LogP contribution in [0.3, 0.4) is 0 Å². The van der Waals surface area contributed by atoms with Gasteiger partial charge in [-0.05, 0) is 56.5 Å². The fraction of sp³-hybridized carbons (Fsp3) is 0.417. The molecule has 2 aromatic carbocycles. The van der Waals surface area contributed by atoms with E-state index in [9.17, 15) is 9.59 Å². The molecule has 0 aliphatic heterocycles. The second-order valence-electron chi connectivity index (χ2n) is 7.67. The van der Waals surface area contributed by atoms with Crippen LogP contribution in [0.5, 0.6) is 5.75 Å². The molecule has 0 bridgehead atoms. The van der Waals surface area contributed by atoms with E-state index in [0.29, 0.717) is 22.6 Å². The number of para-hydroxylation sites is 1. The molecule has 1 unspecified atom stereocenters. The molecule has 29 heavy (non-hydrogen) atoms. The Morgan fingerprint density at radius 2 is 1.79 bits per heavy atom. The molecule has 0 spiro atoms. The number of hydrogen-bond donors (Lipinski definition) is 2. The van der Waals surface area contributed by atoms with Gasteiger partial charge in [0, 0.05) is 11.6 Å². The number of ether oxygens (including phenoxy) is 1. The quantitative estimate of drug-likeness (QED) is 0.680. The van der Waals surface area contributed by atoms with E-state index >= 15 is 0 Å². The Hall–Kier alpha value is -2.82. The minimum atomic E-state index is -0.266. The number of benzene rings is 2. The maximum atomic E-state index is 12.8. The van der Waals surface area contributed by atoms with Crippen LogP contribution in [0.4, 0.5) is 5.69 Å². The monoisotopic (exact) mass is 394 g/mol. The van der Waals surface area contributed by atoms with Crippen molar-refractivity contribution in [1.82, 2.24) is 5.32 Å². The number of amides is 2. The summed E-state index contributed by atoms with van der Waals surface area (Å²) in [6, 6.07) is 14.5. The highest BCUT2D eigenvalue weighted by molar-refractivity contribution is 6.09. The van der Waals surface area contributed by atoms with Gasteiger partial charge in [-0.15, -0.1) is 0 Å². The molecular weight excluding hydrogens is 364 g/mol. The molecule has 2 N–H and O–H groups in total. The molecule has 2 amide bonds. The first-order valence-electron chi connectivity index (χ1n) is 10.5. The molecular formula is C24H30N2O3. The normalized spacial score (nSPS) is 15.4. The van der Waals surface area contributed by atoms with Crippen molar-refractivity contribution in [3.8, 4) is 5.75 Å². The summed E-state index contributed by atoms with van der Waals surface area (Å²) in [5.74, 6) is 0.259. The van der Waals surface area contributed by atoms with Crippen LogP contribution in [0.2, 0.25) is 0 Å². The van der Waals surface area contributed by atoms with Gasteiger partial charge in [0.2, 0.25) is 0 Å². The van der Waals surface area contributed by atoms with Crippen LogP contribution in [0.25, 0.3) is 0 Å². The van der Waals surface area contributed by atoms with Gasteiger partial charge in [-0.2, -0.15) is 0 Å². The molecule has 0 radical (unpaired) electrons. The van der Waals surface area contributed by atoms with Crippen LogP contribution in [-0.4, -0.2) is 24.0 Å². The summed E-state index contributed by atoms with van der Waals surface area (Å²) in [6.45, 7) is 4.05. The first-order chi connectivity index (χ1) is 14.1. The molecule has 1 aliphatic rings. The van der Waals surface area contributed by atoms with Gasteiger partial charge in [0.25, 0.3) is 11.8 Å². The van der Waals surface area contributed by atoms with E-state index in [4.69, 9.17) is 4.74 Å². The molecule has 3 rings (SSSR count). The van der Waals surface area contributed by atoms with Crippen molar-refractivity contribution in [2.24, 2.45) is 0 Å². The Balaban J connectivity index is 1.71. The maximum absolute atomic E-state index is 12.8. The van der Waals surface area contributed by atoms with Crippen molar-refractivity contribution in [3.05, 3.63) is 59.7 Å². The number of carbonyl (C=O) groups excluding carboxylic acids is 2. The number of hydrogen-bond acceptors (Lipinski definition) is 3. The van der Waals surface area contributed by atoms with Crippen molar-refractivity contribution >= 4 is 17.5 Å². The van der Waals surface area contributed by atoms with Gasteiger partial charge in [-0.3, -0.25) is 9.59 Å². The van der Waals surface area contributed by atoms with Crippen molar-refractivity contribution in [3.63, 3.8) is 0 Å². The second kappa shape index (κ2) is 10.1. The van der Waals surface area contributed by atoms with E-state index in [0.717, 1.165) is 32.1 Å².